The van der Waals surface area contributed by atoms with Crippen LogP contribution in [0.4, 0.5) is 0 Å². The van der Waals surface area contributed by atoms with Crippen molar-refractivity contribution >= 4 is 0 Å². The predicted molar refractivity (Wildman–Crippen MR) is 64.1 cm³/mol. The minimum absolute atomic E-state index is 0.561. The highest BCUT2D eigenvalue weighted by Gasteiger charge is 2.00. The fourth-order valence-electron chi connectivity index (χ4n) is 1.50. The van der Waals surface area contributed by atoms with Crippen LogP contribution in [-0.2, 0) is 6.54 Å². The van der Waals surface area contributed by atoms with Crippen LogP contribution in [0.5, 0.6) is 5.88 Å². The van der Waals surface area contributed by atoms with E-state index in [1.165, 1.54) is 0 Å². The van der Waals surface area contributed by atoms with Gasteiger partial charge in [-0.05, 0) is 11.6 Å². The molecule has 16 heavy (non-hydrogen) atoms. The number of hydrogen-bond donors (Lipinski definition) is 1. The van der Waals surface area contributed by atoms with Crippen molar-refractivity contribution in [3.63, 3.8) is 0 Å². The molecule has 0 bridgehead atoms. The van der Waals surface area contributed by atoms with E-state index in [-0.39, 0.29) is 0 Å². The molecule has 3 heteroatoms. The van der Waals surface area contributed by atoms with Gasteiger partial charge in [0.05, 0.1) is 12.8 Å². The number of nitrogens with two attached hydrogens (primary N) is 1. The van der Waals surface area contributed by atoms with Gasteiger partial charge in [-0.15, -0.1) is 0 Å². The second-order valence-electron chi connectivity index (χ2n) is 3.47. The molecule has 0 amide bonds. The minimum atomic E-state index is 0.561. The van der Waals surface area contributed by atoms with E-state index < -0.39 is 0 Å². The molecule has 0 radical (unpaired) electrons. The van der Waals surface area contributed by atoms with E-state index in [1.807, 2.05) is 42.5 Å². The maximum absolute atomic E-state index is 5.55. The van der Waals surface area contributed by atoms with Crippen LogP contribution < -0.4 is 10.5 Å². The first-order chi connectivity index (χ1) is 7.83. The summed E-state index contributed by atoms with van der Waals surface area (Å²) in [6.07, 6.45) is 0. The second kappa shape index (κ2) is 4.77. The lowest BCUT2D eigenvalue weighted by atomic mass is 10.1. The van der Waals surface area contributed by atoms with E-state index in [9.17, 15) is 0 Å². The predicted octanol–water partition coefficient (Wildman–Crippen LogP) is 2.22. The van der Waals surface area contributed by atoms with Crippen molar-refractivity contribution in [3.8, 4) is 17.1 Å². The maximum atomic E-state index is 5.55. The van der Waals surface area contributed by atoms with Crippen molar-refractivity contribution < 1.29 is 4.74 Å². The van der Waals surface area contributed by atoms with Crippen LogP contribution in [0.15, 0.2) is 42.5 Å². The number of hydrogen-bond acceptors (Lipinski definition) is 3. The van der Waals surface area contributed by atoms with Gasteiger partial charge in [0, 0.05) is 18.2 Å². The first kappa shape index (κ1) is 10.6. The standard InChI is InChI=1S/C13H14N2O/c1-16-13-4-2-3-12(15-13)11-7-5-10(9-14)6-8-11/h2-8H,9,14H2,1H3. The van der Waals surface area contributed by atoms with E-state index in [0.29, 0.717) is 12.4 Å². The molecule has 0 aliphatic heterocycles. The molecule has 1 heterocycles. The van der Waals surface area contributed by atoms with E-state index in [4.69, 9.17) is 10.5 Å². The largest absolute Gasteiger partial charge is 0.481 e. The van der Waals surface area contributed by atoms with Crippen LogP contribution in [0.2, 0.25) is 0 Å². The number of methoxy groups -OCH3 is 1. The SMILES string of the molecule is COc1cccc(-c2ccc(CN)cc2)n1. The van der Waals surface area contributed by atoms with Crippen molar-refractivity contribution in [2.24, 2.45) is 5.73 Å². The van der Waals surface area contributed by atoms with Crippen LogP contribution in [0.1, 0.15) is 5.56 Å². The van der Waals surface area contributed by atoms with E-state index in [2.05, 4.69) is 4.98 Å². The van der Waals surface area contributed by atoms with Gasteiger partial charge in [-0.3, -0.25) is 0 Å². The Morgan fingerprint density at radius 1 is 1.12 bits per heavy atom. The van der Waals surface area contributed by atoms with Gasteiger partial charge in [0.15, 0.2) is 0 Å². The molecule has 3 nitrogen and oxygen atoms in total. The number of benzene rings is 1. The van der Waals surface area contributed by atoms with Gasteiger partial charge in [-0.25, -0.2) is 4.98 Å². The fourth-order valence-corrected chi connectivity index (χ4v) is 1.50. The molecular formula is C13H14N2O. The average molecular weight is 214 g/mol. The van der Waals surface area contributed by atoms with Crippen molar-refractivity contribution in [1.29, 1.82) is 0 Å². The third kappa shape index (κ3) is 2.20. The molecule has 0 saturated carbocycles. The topological polar surface area (TPSA) is 48.1 Å². The summed E-state index contributed by atoms with van der Waals surface area (Å²) >= 11 is 0. The van der Waals surface area contributed by atoms with Crippen LogP contribution in [-0.4, -0.2) is 12.1 Å². The second-order valence-corrected chi connectivity index (χ2v) is 3.47. The van der Waals surface area contributed by atoms with Crippen molar-refractivity contribution in [1.82, 2.24) is 4.98 Å². The Hall–Kier alpha value is -1.87. The number of pyridine rings is 1. The van der Waals surface area contributed by atoms with Crippen molar-refractivity contribution in [3.05, 3.63) is 48.0 Å². The molecule has 82 valence electrons. The minimum Gasteiger partial charge on any atom is -0.481 e. The normalized spacial score (nSPS) is 10.1. The van der Waals surface area contributed by atoms with Crippen LogP contribution in [0.3, 0.4) is 0 Å². The molecule has 0 unspecified atom stereocenters. The summed E-state index contributed by atoms with van der Waals surface area (Å²) in [6, 6.07) is 13.8. The lowest BCUT2D eigenvalue weighted by molar-refractivity contribution is 0.398. The van der Waals surface area contributed by atoms with Crippen LogP contribution in [0.25, 0.3) is 11.3 Å². The summed E-state index contributed by atoms with van der Waals surface area (Å²) < 4.78 is 5.09. The first-order valence-corrected chi connectivity index (χ1v) is 5.14. The third-order valence-electron chi connectivity index (χ3n) is 2.42. The summed E-state index contributed by atoms with van der Waals surface area (Å²) in [5.41, 5.74) is 8.64. The van der Waals surface area contributed by atoms with Gasteiger partial charge in [0.2, 0.25) is 5.88 Å². The summed E-state index contributed by atoms with van der Waals surface area (Å²) in [5.74, 6) is 0.625. The molecule has 0 atom stereocenters. The molecule has 2 rings (SSSR count). The Labute approximate surface area is 94.9 Å². The lowest BCUT2D eigenvalue weighted by Crippen LogP contribution is -1.95. The maximum Gasteiger partial charge on any atom is 0.213 e. The molecule has 0 fully saturated rings. The fraction of sp³-hybridized carbons (Fsp3) is 0.154. The molecule has 0 aliphatic carbocycles. The molecule has 1 aromatic heterocycles. The zero-order valence-corrected chi connectivity index (χ0v) is 9.18. The van der Waals surface area contributed by atoms with Gasteiger partial charge >= 0.3 is 0 Å². The van der Waals surface area contributed by atoms with E-state index in [1.54, 1.807) is 7.11 Å². The zero-order chi connectivity index (χ0) is 11.4. The highest BCUT2D eigenvalue weighted by molar-refractivity contribution is 5.59. The third-order valence-corrected chi connectivity index (χ3v) is 2.42. The van der Waals surface area contributed by atoms with E-state index >= 15 is 0 Å². The Bertz CT molecular complexity index is 466. The summed E-state index contributed by atoms with van der Waals surface area (Å²) in [4.78, 5) is 4.36. The molecule has 1 aromatic carbocycles. The van der Waals surface area contributed by atoms with Gasteiger partial charge in [-0.1, -0.05) is 30.3 Å². The number of rotatable bonds is 3. The Morgan fingerprint density at radius 2 is 1.88 bits per heavy atom. The number of aromatic nitrogens is 1. The molecule has 0 aliphatic rings. The lowest BCUT2D eigenvalue weighted by Gasteiger charge is -2.04. The molecule has 0 saturated heterocycles. The molecule has 0 spiro atoms. The van der Waals surface area contributed by atoms with Gasteiger partial charge < -0.3 is 10.5 Å². The Morgan fingerprint density at radius 3 is 2.50 bits per heavy atom. The highest BCUT2D eigenvalue weighted by Crippen LogP contribution is 2.19. The Kier molecular flexibility index (Phi) is 3.17. The van der Waals surface area contributed by atoms with Crippen LogP contribution in [0, 0.1) is 0 Å². The molecular weight excluding hydrogens is 200 g/mol. The average Bonchev–Trinajstić information content (AvgIpc) is 2.39. The van der Waals surface area contributed by atoms with Crippen molar-refractivity contribution in [2.45, 2.75) is 6.54 Å². The van der Waals surface area contributed by atoms with E-state index in [0.717, 1.165) is 16.8 Å². The number of nitrogens with zero attached hydrogens (tertiary/aromatic N) is 1. The van der Waals surface area contributed by atoms with Gasteiger partial charge in [0.25, 0.3) is 0 Å². The molecule has 2 N–H and O–H groups in total. The first-order valence-electron chi connectivity index (χ1n) is 5.14. The Balaban J connectivity index is 2.34. The molecule has 2 aromatic rings. The zero-order valence-electron chi connectivity index (χ0n) is 9.18. The highest BCUT2D eigenvalue weighted by atomic mass is 16.5. The summed E-state index contributed by atoms with van der Waals surface area (Å²) in [7, 11) is 1.61. The summed E-state index contributed by atoms with van der Waals surface area (Å²) in [5, 5.41) is 0. The quantitative estimate of drug-likeness (QED) is 0.852. The van der Waals surface area contributed by atoms with Crippen LogP contribution >= 0.6 is 0 Å². The van der Waals surface area contributed by atoms with Crippen molar-refractivity contribution in [2.75, 3.05) is 7.11 Å². The van der Waals surface area contributed by atoms with Gasteiger partial charge in [-0.2, -0.15) is 0 Å². The monoisotopic (exact) mass is 214 g/mol. The number of ether oxygens (including phenoxy) is 1. The summed E-state index contributed by atoms with van der Waals surface area (Å²) in [6.45, 7) is 0.561. The smallest absolute Gasteiger partial charge is 0.213 e. The van der Waals surface area contributed by atoms with Gasteiger partial charge in [0.1, 0.15) is 0 Å².